The molecule has 1 aromatic heterocycles. The van der Waals surface area contributed by atoms with E-state index in [0.29, 0.717) is 4.47 Å². The molecular weight excluding hydrogens is 328 g/mol. The van der Waals surface area contributed by atoms with Gasteiger partial charge in [-0.1, -0.05) is 0 Å². The Morgan fingerprint density at radius 1 is 1.25 bits per heavy atom. The number of hydrogen-bond donors (Lipinski definition) is 3. The minimum absolute atomic E-state index is 0.0605. The third kappa shape index (κ3) is 2.94. The van der Waals surface area contributed by atoms with Crippen LogP contribution in [0.1, 0.15) is 20.7 Å². The van der Waals surface area contributed by atoms with E-state index in [-0.39, 0.29) is 22.6 Å². The van der Waals surface area contributed by atoms with Crippen LogP contribution in [0.2, 0.25) is 0 Å². The SMILES string of the molecule is O=C(Nc1cnccc1C(=O)O)c1ccc(Br)c(O)c1. The summed E-state index contributed by atoms with van der Waals surface area (Å²) >= 11 is 3.11. The number of carboxylic acid groups (broad SMARTS) is 1. The Balaban J connectivity index is 2.28. The molecule has 1 aromatic carbocycles. The zero-order valence-electron chi connectivity index (χ0n) is 10.0. The van der Waals surface area contributed by atoms with E-state index in [4.69, 9.17) is 5.11 Å². The van der Waals surface area contributed by atoms with Gasteiger partial charge < -0.3 is 15.5 Å². The van der Waals surface area contributed by atoms with Crippen LogP contribution in [-0.4, -0.2) is 27.1 Å². The van der Waals surface area contributed by atoms with E-state index in [9.17, 15) is 14.7 Å². The molecule has 0 radical (unpaired) electrons. The number of rotatable bonds is 3. The molecule has 0 saturated carbocycles. The van der Waals surface area contributed by atoms with Crippen LogP contribution in [0.4, 0.5) is 5.69 Å². The van der Waals surface area contributed by atoms with Gasteiger partial charge in [-0.3, -0.25) is 9.78 Å². The highest BCUT2D eigenvalue weighted by Crippen LogP contribution is 2.25. The number of aromatic nitrogens is 1. The molecule has 7 heteroatoms. The molecule has 2 rings (SSSR count). The minimum atomic E-state index is -1.17. The molecule has 102 valence electrons. The predicted molar refractivity (Wildman–Crippen MR) is 75.0 cm³/mol. The van der Waals surface area contributed by atoms with Crippen LogP contribution in [0, 0.1) is 0 Å². The molecule has 0 aliphatic rings. The van der Waals surface area contributed by atoms with Crippen LogP contribution in [0.15, 0.2) is 41.1 Å². The van der Waals surface area contributed by atoms with Gasteiger partial charge >= 0.3 is 5.97 Å². The monoisotopic (exact) mass is 336 g/mol. The van der Waals surface area contributed by atoms with E-state index >= 15 is 0 Å². The van der Waals surface area contributed by atoms with E-state index in [1.54, 1.807) is 0 Å². The number of aromatic hydroxyl groups is 1. The summed E-state index contributed by atoms with van der Waals surface area (Å²) < 4.78 is 0.460. The number of hydrogen-bond acceptors (Lipinski definition) is 4. The van der Waals surface area contributed by atoms with Crippen molar-refractivity contribution in [1.82, 2.24) is 4.98 Å². The molecule has 0 fully saturated rings. The minimum Gasteiger partial charge on any atom is -0.507 e. The van der Waals surface area contributed by atoms with Crippen molar-refractivity contribution in [2.45, 2.75) is 0 Å². The highest BCUT2D eigenvalue weighted by atomic mass is 79.9. The number of phenols is 1. The summed E-state index contributed by atoms with van der Waals surface area (Å²) in [6.45, 7) is 0. The standard InChI is InChI=1S/C13H9BrN2O4/c14-9-2-1-7(5-11(9)17)12(18)16-10-6-15-4-3-8(10)13(19)20/h1-6,17H,(H,16,18)(H,19,20). The summed E-state index contributed by atoms with van der Waals surface area (Å²) in [4.78, 5) is 26.8. The molecule has 0 atom stereocenters. The largest absolute Gasteiger partial charge is 0.507 e. The first-order valence-electron chi connectivity index (χ1n) is 5.46. The lowest BCUT2D eigenvalue weighted by Crippen LogP contribution is -2.15. The Kier molecular flexibility index (Phi) is 3.99. The molecule has 20 heavy (non-hydrogen) atoms. The molecule has 1 amide bonds. The number of anilines is 1. The second-order valence-electron chi connectivity index (χ2n) is 3.85. The Morgan fingerprint density at radius 2 is 2.00 bits per heavy atom. The third-order valence-corrected chi connectivity index (χ3v) is 3.18. The normalized spacial score (nSPS) is 10.1. The lowest BCUT2D eigenvalue weighted by Gasteiger charge is -2.08. The summed E-state index contributed by atoms with van der Waals surface area (Å²) in [5.74, 6) is -1.79. The van der Waals surface area contributed by atoms with Gasteiger partial charge in [0.1, 0.15) is 5.75 Å². The smallest absolute Gasteiger partial charge is 0.337 e. The highest BCUT2D eigenvalue weighted by Gasteiger charge is 2.14. The Morgan fingerprint density at radius 3 is 2.65 bits per heavy atom. The van der Waals surface area contributed by atoms with Gasteiger partial charge in [0.2, 0.25) is 0 Å². The van der Waals surface area contributed by atoms with Crippen molar-refractivity contribution in [3.63, 3.8) is 0 Å². The first-order valence-corrected chi connectivity index (χ1v) is 6.25. The first-order chi connectivity index (χ1) is 9.49. The highest BCUT2D eigenvalue weighted by molar-refractivity contribution is 9.10. The third-order valence-electron chi connectivity index (χ3n) is 2.51. The molecule has 1 heterocycles. The van der Waals surface area contributed by atoms with Crippen molar-refractivity contribution < 1.29 is 19.8 Å². The fraction of sp³-hybridized carbons (Fsp3) is 0. The number of nitrogens with zero attached hydrogens (tertiary/aromatic N) is 1. The zero-order valence-corrected chi connectivity index (χ0v) is 11.6. The van der Waals surface area contributed by atoms with Gasteiger partial charge in [0.15, 0.2) is 0 Å². The number of carbonyl (C=O) groups is 2. The van der Waals surface area contributed by atoms with Gasteiger partial charge in [-0.2, -0.15) is 0 Å². The number of benzene rings is 1. The molecule has 0 spiro atoms. The molecule has 0 aliphatic heterocycles. The number of carbonyl (C=O) groups excluding carboxylic acids is 1. The summed E-state index contributed by atoms with van der Waals surface area (Å²) in [5.41, 5.74) is 0.230. The van der Waals surface area contributed by atoms with Crippen molar-refractivity contribution in [2.75, 3.05) is 5.32 Å². The van der Waals surface area contributed by atoms with Gasteiger partial charge in [-0.25, -0.2) is 4.79 Å². The zero-order chi connectivity index (χ0) is 14.7. The van der Waals surface area contributed by atoms with Crippen molar-refractivity contribution >= 4 is 33.5 Å². The maximum absolute atomic E-state index is 12.0. The van der Waals surface area contributed by atoms with Gasteiger partial charge in [0.05, 0.1) is 21.9 Å². The quantitative estimate of drug-likeness (QED) is 0.799. The van der Waals surface area contributed by atoms with Crippen molar-refractivity contribution in [2.24, 2.45) is 0 Å². The number of phenolic OH excluding ortho intramolecular Hbond substituents is 1. The predicted octanol–water partition coefficient (Wildman–Crippen LogP) is 2.50. The van der Waals surface area contributed by atoms with Gasteiger partial charge in [0, 0.05) is 11.8 Å². The Hall–Kier alpha value is -2.41. The molecule has 6 nitrogen and oxygen atoms in total. The van der Waals surface area contributed by atoms with E-state index in [2.05, 4.69) is 26.2 Å². The number of nitrogens with one attached hydrogen (secondary N) is 1. The number of aromatic carboxylic acids is 1. The number of carboxylic acids is 1. The van der Waals surface area contributed by atoms with Gasteiger partial charge in [-0.05, 0) is 40.2 Å². The molecule has 0 saturated heterocycles. The number of pyridine rings is 1. The van der Waals surface area contributed by atoms with Crippen LogP contribution < -0.4 is 5.32 Å². The molecule has 0 unspecified atom stereocenters. The van der Waals surface area contributed by atoms with Gasteiger partial charge in [0.25, 0.3) is 5.91 Å². The maximum Gasteiger partial charge on any atom is 0.337 e. The molecule has 3 N–H and O–H groups in total. The van der Waals surface area contributed by atoms with E-state index in [0.717, 1.165) is 0 Å². The van der Waals surface area contributed by atoms with Crippen LogP contribution in [0.25, 0.3) is 0 Å². The van der Waals surface area contributed by atoms with Crippen molar-refractivity contribution in [3.05, 3.63) is 52.3 Å². The Labute approximate surface area is 122 Å². The number of amides is 1. The summed E-state index contributed by atoms with van der Waals surface area (Å²) in [6.07, 6.45) is 2.57. The summed E-state index contributed by atoms with van der Waals surface area (Å²) in [6, 6.07) is 5.58. The lowest BCUT2D eigenvalue weighted by atomic mass is 10.2. The van der Waals surface area contributed by atoms with Crippen molar-refractivity contribution in [1.29, 1.82) is 0 Å². The maximum atomic E-state index is 12.0. The fourth-order valence-corrected chi connectivity index (χ4v) is 1.78. The average Bonchev–Trinajstić information content (AvgIpc) is 2.42. The summed E-state index contributed by atoms with van der Waals surface area (Å²) in [5, 5.41) is 21.0. The summed E-state index contributed by atoms with van der Waals surface area (Å²) in [7, 11) is 0. The molecular formula is C13H9BrN2O4. The number of halogens is 1. The van der Waals surface area contributed by atoms with Crippen LogP contribution in [-0.2, 0) is 0 Å². The molecule has 0 bridgehead atoms. The van der Waals surface area contributed by atoms with E-state index < -0.39 is 11.9 Å². The molecule has 0 aliphatic carbocycles. The van der Waals surface area contributed by atoms with Crippen molar-refractivity contribution in [3.8, 4) is 5.75 Å². The fourth-order valence-electron chi connectivity index (χ4n) is 1.53. The van der Waals surface area contributed by atoms with Crippen LogP contribution in [0.5, 0.6) is 5.75 Å². The second kappa shape index (κ2) is 5.70. The Bertz CT molecular complexity index is 688. The second-order valence-corrected chi connectivity index (χ2v) is 4.70. The topological polar surface area (TPSA) is 99.5 Å². The lowest BCUT2D eigenvalue weighted by molar-refractivity contribution is 0.0698. The first kappa shape index (κ1) is 14.0. The molecule has 2 aromatic rings. The van der Waals surface area contributed by atoms with Crippen LogP contribution in [0.3, 0.4) is 0 Å². The van der Waals surface area contributed by atoms with E-state index in [1.165, 1.54) is 36.7 Å². The van der Waals surface area contributed by atoms with E-state index in [1.807, 2.05) is 0 Å². The van der Waals surface area contributed by atoms with Crippen LogP contribution >= 0.6 is 15.9 Å². The van der Waals surface area contributed by atoms with Gasteiger partial charge in [-0.15, -0.1) is 0 Å². The average molecular weight is 337 g/mol.